The standard InChI is InChI=1S/C12H13ClFN5/c1-7-6-8(4-5-9(7)14)15-11-16-10(13)17-12(18-11)19(2)3/h4-6H,1-3H3,(H,15,16,17,18). The van der Waals surface area contributed by atoms with E-state index in [2.05, 4.69) is 20.3 Å². The fourth-order valence-electron chi connectivity index (χ4n) is 1.45. The van der Waals surface area contributed by atoms with Crippen molar-refractivity contribution in [2.45, 2.75) is 6.92 Å². The number of aromatic nitrogens is 3. The van der Waals surface area contributed by atoms with E-state index in [1.165, 1.54) is 6.07 Å². The maximum absolute atomic E-state index is 13.2. The van der Waals surface area contributed by atoms with E-state index in [-0.39, 0.29) is 11.1 Å². The van der Waals surface area contributed by atoms with Crippen LogP contribution in [0.15, 0.2) is 18.2 Å². The summed E-state index contributed by atoms with van der Waals surface area (Å²) < 4.78 is 13.2. The first-order chi connectivity index (χ1) is 8.95. The van der Waals surface area contributed by atoms with Crippen LogP contribution in [-0.4, -0.2) is 29.0 Å². The van der Waals surface area contributed by atoms with Crippen LogP contribution in [0.1, 0.15) is 5.56 Å². The highest BCUT2D eigenvalue weighted by Gasteiger charge is 2.07. The van der Waals surface area contributed by atoms with Gasteiger partial charge in [-0.05, 0) is 42.3 Å². The van der Waals surface area contributed by atoms with E-state index in [4.69, 9.17) is 11.6 Å². The van der Waals surface area contributed by atoms with Crippen LogP contribution in [0.4, 0.5) is 22.0 Å². The number of halogens is 2. The Labute approximate surface area is 115 Å². The molecule has 0 aliphatic rings. The van der Waals surface area contributed by atoms with Gasteiger partial charge in [-0.3, -0.25) is 0 Å². The molecule has 0 amide bonds. The van der Waals surface area contributed by atoms with Gasteiger partial charge >= 0.3 is 0 Å². The van der Waals surface area contributed by atoms with E-state index in [0.29, 0.717) is 23.1 Å². The Hall–Kier alpha value is -1.95. The van der Waals surface area contributed by atoms with Gasteiger partial charge in [-0.15, -0.1) is 0 Å². The van der Waals surface area contributed by atoms with Crippen LogP contribution in [0.3, 0.4) is 0 Å². The molecule has 0 atom stereocenters. The molecule has 1 N–H and O–H groups in total. The van der Waals surface area contributed by atoms with Gasteiger partial charge in [0.25, 0.3) is 0 Å². The number of hydrogen-bond acceptors (Lipinski definition) is 5. The summed E-state index contributed by atoms with van der Waals surface area (Å²) in [6.45, 7) is 1.69. The molecule has 5 nitrogen and oxygen atoms in total. The summed E-state index contributed by atoms with van der Waals surface area (Å²) in [7, 11) is 3.61. The fourth-order valence-corrected chi connectivity index (χ4v) is 1.60. The molecular formula is C12H13ClFN5. The lowest BCUT2D eigenvalue weighted by Gasteiger charge is -2.12. The Morgan fingerprint density at radius 1 is 1.21 bits per heavy atom. The van der Waals surface area contributed by atoms with Crippen molar-refractivity contribution in [3.8, 4) is 0 Å². The van der Waals surface area contributed by atoms with Gasteiger partial charge in [0.15, 0.2) is 0 Å². The summed E-state index contributed by atoms with van der Waals surface area (Å²) in [5, 5.41) is 3.07. The molecule has 1 heterocycles. The summed E-state index contributed by atoms with van der Waals surface area (Å²) in [6.07, 6.45) is 0. The maximum atomic E-state index is 13.2. The van der Waals surface area contributed by atoms with Crippen LogP contribution < -0.4 is 10.2 Å². The van der Waals surface area contributed by atoms with Gasteiger partial charge in [-0.2, -0.15) is 15.0 Å². The number of nitrogens with zero attached hydrogens (tertiary/aromatic N) is 4. The number of anilines is 3. The summed E-state index contributed by atoms with van der Waals surface area (Å²) in [4.78, 5) is 13.9. The Morgan fingerprint density at radius 2 is 1.95 bits per heavy atom. The van der Waals surface area contributed by atoms with Crippen LogP contribution in [0, 0.1) is 12.7 Å². The van der Waals surface area contributed by atoms with Crippen LogP contribution in [0.25, 0.3) is 0 Å². The molecule has 0 spiro atoms. The average molecular weight is 282 g/mol. The van der Waals surface area contributed by atoms with Gasteiger partial charge in [-0.1, -0.05) is 0 Å². The smallest absolute Gasteiger partial charge is 0.233 e. The van der Waals surface area contributed by atoms with Gasteiger partial charge in [0.05, 0.1) is 0 Å². The van der Waals surface area contributed by atoms with Gasteiger partial charge in [0.1, 0.15) is 5.82 Å². The highest BCUT2D eigenvalue weighted by molar-refractivity contribution is 6.28. The molecule has 1 aromatic carbocycles. The van der Waals surface area contributed by atoms with Crippen molar-refractivity contribution in [1.82, 2.24) is 15.0 Å². The van der Waals surface area contributed by atoms with Crippen molar-refractivity contribution < 1.29 is 4.39 Å². The summed E-state index contributed by atoms with van der Waals surface area (Å²) >= 11 is 5.83. The average Bonchev–Trinajstić information content (AvgIpc) is 2.33. The van der Waals surface area contributed by atoms with Crippen molar-refractivity contribution in [1.29, 1.82) is 0 Å². The van der Waals surface area contributed by atoms with Gasteiger partial charge < -0.3 is 10.2 Å². The predicted octanol–water partition coefficient (Wildman–Crippen LogP) is 2.78. The third-order valence-electron chi connectivity index (χ3n) is 2.41. The minimum absolute atomic E-state index is 0.0973. The molecule has 2 aromatic rings. The lowest BCUT2D eigenvalue weighted by Crippen LogP contribution is -2.14. The zero-order valence-corrected chi connectivity index (χ0v) is 11.5. The van der Waals surface area contributed by atoms with Crippen molar-refractivity contribution in [2.75, 3.05) is 24.3 Å². The second-order valence-corrected chi connectivity index (χ2v) is 4.55. The third kappa shape index (κ3) is 3.29. The first-order valence-electron chi connectivity index (χ1n) is 5.58. The van der Waals surface area contributed by atoms with Gasteiger partial charge in [0.2, 0.25) is 17.2 Å². The lowest BCUT2D eigenvalue weighted by molar-refractivity contribution is 0.619. The van der Waals surface area contributed by atoms with Crippen LogP contribution >= 0.6 is 11.6 Å². The van der Waals surface area contributed by atoms with Crippen LogP contribution in [0.5, 0.6) is 0 Å². The number of rotatable bonds is 3. The van der Waals surface area contributed by atoms with Crippen molar-refractivity contribution in [3.05, 3.63) is 34.9 Å². The largest absolute Gasteiger partial charge is 0.347 e. The van der Waals surface area contributed by atoms with E-state index < -0.39 is 0 Å². The van der Waals surface area contributed by atoms with Crippen molar-refractivity contribution in [2.24, 2.45) is 0 Å². The van der Waals surface area contributed by atoms with Crippen molar-refractivity contribution >= 4 is 29.2 Å². The van der Waals surface area contributed by atoms with Gasteiger partial charge in [0, 0.05) is 19.8 Å². The molecule has 2 rings (SSSR count). The van der Waals surface area contributed by atoms with E-state index in [1.54, 1.807) is 38.1 Å². The molecule has 0 aliphatic heterocycles. The van der Waals surface area contributed by atoms with E-state index >= 15 is 0 Å². The molecule has 7 heteroatoms. The summed E-state index contributed by atoms with van der Waals surface area (Å²) in [5.74, 6) is 0.504. The minimum atomic E-state index is -0.256. The van der Waals surface area contributed by atoms with Gasteiger partial charge in [-0.25, -0.2) is 4.39 Å². The zero-order valence-electron chi connectivity index (χ0n) is 10.8. The third-order valence-corrected chi connectivity index (χ3v) is 2.58. The summed E-state index contributed by atoms with van der Waals surface area (Å²) in [6, 6.07) is 4.66. The summed E-state index contributed by atoms with van der Waals surface area (Å²) in [5.41, 5.74) is 1.23. The first kappa shape index (κ1) is 13.5. The number of nitrogens with one attached hydrogen (secondary N) is 1. The molecule has 0 radical (unpaired) electrons. The monoisotopic (exact) mass is 281 g/mol. The molecule has 0 unspecified atom stereocenters. The zero-order chi connectivity index (χ0) is 14.0. The Kier molecular flexibility index (Phi) is 3.80. The lowest BCUT2D eigenvalue weighted by atomic mass is 10.2. The topological polar surface area (TPSA) is 53.9 Å². The van der Waals surface area contributed by atoms with Crippen LogP contribution in [0.2, 0.25) is 5.28 Å². The molecular weight excluding hydrogens is 269 g/mol. The molecule has 19 heavy (non-hydrogen) atoms. The first-order valence-corrected chi connectivity index (χ1v) is 5.95. The number of aryl methyl sites for hydroxylation is 1. The maximum Gasteiger partial charge on any atom is 0.233 e. The number of benzene rings is 1. The Bertz CT molecular complexity index is 603. The molecule has 1 aromatic heterocycles. The minimum Gasteiger partial charge on any atom is -0.347 e. The molecule has 0 bridgehead atoms. The van der Waals surface area contributed by atoms with E-state index in [9.17, 15) is 4.39 Å². The number of hydrogen-bond donors (Lipinski definition) is 1. The SMILES string of the molecule is Cc1cc(Nc2nc(Cl)nc(N(C)C)n2)ccc1F. The molecule has 0 fully saturated rings. The van der Waals surface area contributed by atoms with E-state index in [0.717, 1.165) is 0 Å². The Balaban J connectivity index is 2.29. The molecule has 0 saturated carbocycles. The highest BCUT2D eigenvalue weighted by atomic mass is 35.5. The Morgan fingerprint density at radius 3 is 2.58 bits per heavy atom. The predicted molar refractivity (Wildman–Crippen MR) is 73.6 cm³/mol. The van der Waals surface area contributed by atoms with Crippen LogP contribution in [-0.2, 0) is 0 Å². The van der Waals surface area contributed by atoms with Crippen molar-refractivity contribution in [3.63, 3.8) is 0 Å². The molecule has 0 saturated heterocycles. The second-order valence-electron chi connectivity index (χ2n) is 4.21. The van der Waals surface area contributed by atoms with E-state index in [1.807, 2.05) is 0 Å². The quantitative estimate of drug-likeness (QED) is 0.937. The fraction of sp³-hybridized carbons (Fsp3) is 0.250. The normalized spacial score (nSPS) is 10.4. The highest BCUT2D eigenvalue weighted by Crippen LogP contribution is 2.19. The molecule has 100 valence electrons. The molecule has 0 aliphatic carbocycles. The second kappa shape index (κ2) is 5.36.